The van der Waals surface area contributed by atoms with Crippen LogP contribution in [0.1, 0.15) is 80.1 Å². The first-order valence-corrected chi connectivity index (χ1v) is 12.3. The van der Waals surface area contributed by atoms with Crippen molar-refractivity contribution in [2.75, 3.05) is 6.54 Å². The molecule has 3 saturated carbocycles. The van der Waals surface area contributed by atoms with Crippen molar-refractivity contribution in [3.8, 4) is 0 Å². The number of hydrogen-bond acceptors (Lipinski definition) is 3. The normalized spacial score (nSPS) is 47.6. The summed E-state index contributed by atoms with van der Waals surface area (Å²) in [5.74, 6) is 1.31. The zero-order valence-corrected chi connectivity index (χ0v) is 20.1. The average molecular weight is 426 g/mol. The number of rotatable bonds is 1. The lowest BCUT2D eigenvalue weighted by Crippen LogP contribution is -2.65. The minimum atomic E-state index is -0.326. The number of fused-ring (bicyclic) bond motifs is 6. The number of amides is 1. The van der Waals surface area contributed by atoms with Crippen LogP contribution in [0, 0.1) is 39.4 Å². The lowest BCUT2D eigenvalue weighted by Gasteiger charge is -2.69. The molecule has 5 aliphatic rings. The Bertz CT molecular complexity index is 900. The molecule has 3 fully saturated rings. The third kappa shape index (κ3) is 2.66. The van der Waals surface area contributed by atoms with E-state index in [2.05, 4.69) is 52.1 Å². The summed E-state index contributed by atoms with van der Waals surface area (Å²) >= 11 is 0. The number of esters is 1. The second-order valence-electron chi connectivity index (χ2n) is 12.5. The van der Waals surface area contributed by atoms with Crippen molar-refractivity contribution in [1.29, 1.82) is 0 Å². The predicted octanol–water partition coefficient (Wildman–Crippen LogP) is 5.19. The molecule has 0 radical (unpaired) electrons. The smallest absolute Gasteiger partial charge is 0.302 e. The fraction of sp³-hybridized carbons (Fsp3) is 0.778. The lowest BCUT2D eigenvalue weighted by atomic mass is 9.35. The number of carbonyl (C=O) groups is 2. The minimum absolute atomic E-state index is 0.0180. The van der Waals surface area contributed by atoms with Crippen LogP contribution in [0.5, 0.6) is 0 Å². The maximum Gasteiger partial charge on any atom is 0.302 e. The van der Waals surface area contributed by atoms with E-state index in [0.717, 1.165) is 17.6 Å². The van der Waals surface area contributed by atoms with Crippen molar-refractivity contribution in [3.05, 3.63) is 23.3 Å². The van der Waals surface area contributed by atoms with Gasteiger partial charge in [-0.2, -0.15) is 0 Å². The van der Waals surface area contributed by atoms with Crippen molar-refractivity contribution in [3.63, 3.8) is 0 Å². The van der Waals surface area contributed by atoms with E-state index in [1.165, 1.54) is 39.0 Å². The molecule has 4 heteroatoms. The maximum atomic E-state index is 12.5. The molecule has 1 N–H and O–H groups in total. The van der Waals surface area contributed by atoms with Crippen LogP contribution < -0.4 is 5.32 Å². The highest BCUT2D eigenvalue weighted by molar-refractivity contribution is 6.00. The van der Waals surface area contributed by atoms with Gasteiger partial charge in [0, 0.05) is 24.5 Å². The Hall–Kier alpha value is -1.58. The summed E-state index contributed by atoms with van der Waals surface area (Å²) in [4.78, 5) is 24.8. The van der Waals surface area contributed by atoms with Crippen LogP contribution in [-0.2, 0) is 14.3 Å². The van der Waals surface area contributed by atoms with Crippen molar-refractivity contribution in [1.82, 2.24) is 5.32 Å². The summed E-state index contributed by atoms with van der Waals surface area (Å²) in [6.07, 6.45) is 11.5. The van der Waals surface area contributed by atoms with Crippen LogP contribution in [0.4, 0.5) is 0 Å². The van der Waals surface area contributed by atoms with Gasteiger partial charge in [0.05, 0.1) is 0 Å². The average Bonchev–Trinajstić information content (AvgIpc) is 3.04. The summed E-state index contributed by atoms with van der Waals surface area (Å²) in [6.45, 7) is 14.4. The van der Waals surface area contributed by atoms with Gasteiger partial charge in [-0.1, -0.05) is 53.2 Å². The molecule has 0 unspecified atom stereocenters. The van der Waals surface area contributed by atoms with Crippen LogP contribution in [0.25, 0.3) is 0 Å². The van der Waals surface area contributed by atoms with Crippen LogP contribution in [0.3, 0.4) is 0 Å². The van der Waals surface area contributed by atoms with Gasteiger partial charge in [0.1, 0.15) is 6.10 Å². The highest BCUT2D eigenvalue weighted by atomic mass is 16.5. The van der Waals surface area contributed by atoms with Gasteiger partial charge >= 0.3 is 5.97 Å². The Labute approximate surface area is 187 Å². The van der Waals surface area contributed by atoms with Crippen LogP contribution in [-0.4, -0.2) is 24.5 Å². The predicted molar refractivity (Wildman–Crippen MR) is 121 cm³/mol. The number of carbonyl (C=O) groups excluding carboxylic acids is 2. The molecular formula is C27H39NO3. The summed E-state index contributed by atoms with van der Waals surface area (Å²) in [6, 6.07) is 0. The number of allylic oxidation sites excluding steroid dienone is 1. The molecule has 0 aromatic rings. The molecule has 0 aromatic carbocycles. The molecule has 0 bridgehead atoms. The third-order valence-electron chi connectivity index (χ3n) is 10.7. The molecule has 31 heavy (non-hydrogen) atoms. The van der Waals surface area contributed by atoms with Crippen molar-refractivity contribution in [2.45, 2.75) is 86.2 Å². The van der Waals surface area contributed by atoms with E-state index in [0.29, 0.717) is 23.8 Å². The van der Waals surface area contributed by atoms with Crippen molar-refractivity contribution in [2.24, 2.45) is 39.4 Å². The first-order valence-electron chi connectivity index (χ1n) is 12.3. The Morgan fingerprint density at radius 2 is 1.81 bits per heavy atom. The number of ether oxygens (including phenoxy) is 1. The van der Waals surface area contributed by atoms with Gasteiger partial charge in [0.25, 0.3) is 5.91 Å². The van der Waals surface area contributed by atoms with Crippen LogP contribution >= 0.6 is 0 Å². The zero-order chi connectivity index (χ0) is 22.4. The van der Waals surface area contributed by atoms with Crippen LogP contribution in [0.15, 0.2) is 23.3 Å². The van der Waals surface area contributed by atoms with Gasteiger partial charge in [0.15, 0.2) is 0 Å². The van der Waals surface area contributed by atoms with Crippen LogP contribution in [0.2, 0.25) is 0 Å². The summed E-state index contributed by atoms with van der Waals surface area (Å²) in [5.41, 5.74) is 2.41. The monoisotopic (exact) mass is 425 g/mol. The lowest BCUT2D eigenvalue weighted by molar-refractivity contribution is -0.214. The van der Waals surface area contributed by atoms with Gasteiger partial charge in [0.2, 0.25) is 0 Å². The van der Waals surface area contributed by atoms with E-state index in [4.69, 9.17) is 4.74 Å². The highest BCUT2D eigenvalue weighted by Crippen LogP contribution is 2.72. The Balaban J connectivity index is 1.64. The molecule has 4 aliphatic carbocycles. The largest absolute Gasteiger partial charge is 0.462 e. The van der Waals surface area contributed by atoms with E-state index >= 15 is 0 Å². The van der Waals surface area contributed by atoms with E-state index in [1.807, 2.05) is 0 Å². The van der Waals surface area contributed by atoms with E-state index in [-0.39, 0.29) is 40.1 Å². The summed E-state index contributed by atoms with van der Waals surface area (Å²) in [7, 11) is 0. The summed E-state index contributed by atoms with van der Waals surface area (Å²) < 4.78 is 6.13. The molecule has 5 rings (SSSR count). The fourth-order valence-electron chi connectivity index (χ4n) is 9.46. The quantitative estimate of drug-likeness (QED) is 0.588. The zero-order valence-electron chi connectivity index (χ0n) is 20.1. The van der Waals surface area contributed by atoms with E-state index in [9.17, 15) is 9.59 Å². The highest BCUT2D eigenvalue weighted by Gasteiger charge is 2.68. The topological polar surface area (TPSA) is 55.4 Å². The maximum absolute atomic E-state index is 12.5. The molecule has 0 spiro atoms. The standard InChI is InChI=1S/C27H39NO3/c1-16(29)31-22-14-21-25(4)12-7-11-24(2,3)19(25)10-13-26(21,5)20-9-8-17-18(27(20,22)6)15-28-23(17)30/h8-9,19-22H,7,10-15H2,1-6H3,(H,28,30)/t19-,20-,21+,22-,25-,26-,27+/m0/s1. The SMILES string of the molecule is CC(=O)O[C@H]1C[C@@H]2[C@@]3(C)CCCC(C)(C)[C@@H]3CC[C@@]2(C)[C@@H]2C=CC3=C(CNC3=O)[C@@]12C. The van der Waals surface area contributed by atoms with E-state index < -0.39 is 0 Å². The molecule has 1 heterocycles. The Morgan fingerprint density at radius 3 is 2.52 bits per heavy atom. The first-order chi connectivity index (χ1) is 14.4. The minimum Gasteiger partial charge on any atom is -0.462 e. The second-order valence-corrected chi connectivity index (χ2v) is 12.5. The number of nitrogens with one attached hydrogen (secondary N) is 1. The number of hydrogen-bond donors (Lipinski definition) is 1. The van der Waals surface area contributed by atoms with Crippen molar-refractivity contribution >= 4 is 11.9 Å². The van der Waals surface area contributed by atoms with E-state index in [1.54, 1.807) is 0 Å². The third-order valence-corrected chi connectivity index (χ3v) is 10.7. The second kappa shape index (κ2) is 6.48. The van der Waals surface area contributed by atoms with Gasteiger partial charge in [-0.25, -0.2) is 0 Å². The molecule has 170 valence electrons. The van der Waals surface area contributed by atoms with Gasteiger partial charge < -0.3 is 10.1 Å². The van der Waals surface area contributed by atoms with Crippen molar-refractivity contribution < 1.29 is 14.3 Å². The Morgan fingerprint density at radius 1 is 1.06 bits per heavy atom. The fourth-order valence-corrected chi connectivity index (χ4v) is 9.46. The first kappa shape index (κ1) is 21.3. The molecule has 1 amide bonds. The Kier molecular flexibility index (Phi) is 4.45. The van der Waals surface area contributed by atoms with Gasteiger partial charge in [-0.3, -0.25) is 9.59 Å². The van der Waals surface area contributed by atoms with Gasteiger partial charge in [-0.05, 0) is 71.7 Å². The molecule has 0 aromatic heterocycles. The molecular weight excluding hydrogens is 386 g/mol. The molecule has 0 saturated heterocycles. The van der Waals surface area contributed by atoms with Gasteiger partial charge in [-0.15, -0.1) is 0 Å². The molecule has 7 atom stereocenters. The summed E-state index contributed by atoms with van der Waals surface area (Å²) in [5, 5.41) is 3.04. The molecule has 4 nitrogen and oxygen atoms in total. The molecule has 1 aliphatic heterocycles.